The standard InChI is InChI=1S/C18H17F2N3O2S/c1-11-4-6-14(23-8-2-3-16(23)24)13(9-11)17(25)22-12-5-7-15(21-10-12)26-18(19)20/h4-7,9-10,18H,2-3,8H2,1H3,(H,22,25). The fourth-order valence-electron chi connectivity index (χ4n) is 2.78. The van der Waals surface area contributed by atoms with Crippen molar-refractivity contribution in [1.29, 1.82) is 0 Å². The number of aryl methyl sites for hydroxylation is 1. The average Bonchev–Trinajstić information content (AvgIpc) is 3.02. The maximum absolute atomic E-state index is 12.7. The van der Waals surface area contributed by atoms with E-state index < -0.39 is 5.76 Å². The first kappa shape index (κ1) is 18.3. The average molecular weight is 377 g/mol. The molecule has 2 heterocycles. The number of anilines is 2. The lowest BCUT2D eigenvalue weighted by Gasteiger charge is -2.20. The Morgan fingerprint density at radius 3 is 2.73 bits per heavy atom. The molecule has 0 unspecified atom stereocenters. The molecule has 1 fully saturated rings. The predicted molar refractivity (Wildman–Crippen MR) is 96.8 cm³/mol. The molecule has 136 valence electrons. The lowest BCUT2D eigenvalue weighted by Crippen LogP contribution is -2.27. The first-order chi connectivity index (χ1) is 12.4. The number of carbonyl (C=O) groups is 2. The molecule has 2 amide bonds. The SMILES string of the molecule is Cc1ccc(N2CCCC2=O)c(C(=O)Nc2ccc(SC(F)F)nc2)c1. The van der Waals surface area contributed by atoms with E-state index in [0.717, 1.165) is 12.0 Å². The van der Waals surface area contributed by atoms with E-state index in [1.54, 1.807) is 17.0 Å². The van der Waals surface area contributed by atoms with Crippen LogP contribution in [0.2, 0.25) is 0 Å². The molecule has 0 radical (unpaired) electrons. The van der Waals surface area contributed by atoms with Gasteiger partial charge in [-0.1, -0.05) is 11.6 Å². The van der Waals surface area contributed by atoms with E-state index >= 15 is 0 Å². The zero-order chi connectivity index (χ0) is 18.7. The smallest absolute Gasteiger partial charge is 0.290 e. The van der Waals surface area contributed by atoms with Crippen LogP contribution in [0.25, 0.3) is 0 Å². The number of amides is 2. The molecule has 3 rings (SSSR count). The van der Waals surface area contributed by atoms with Crippen LogP contribution < -0.4 is 10.2 Å². The van der Waals surface area contributed by atoms with Crippen molar-refractivity contribution >= 4 is 35.0 Å². The van der Waals surface area contributed by atoms with Crippen LogP contribution in [-0.2, 0) is 4.79 Å². The van der Waals surface area contributed by atoms with E-state index in [9.17, 15) is 18.4 Å². The quantitative estimate of drug-likeness (QED) is 0.798. The minimum absolute atomic E-state index is 0.00190. The second-order valence-electron chi connectivity index (χ2n) is 5.89. The lowest BCUT2D eigenvalue weighted by atomic mass is 10.1. The van der Waals surface area contributed by atoms with Gasteiger partial charge < -0.3 is 10.2 Å². The molecule has 26 heavy (non-hydrogen) atoms. The molecule has 1 aromatic carbocycles. The number of hydrogen-bond donors (Lipinski definition) is 1. The van der Waals surface area contributed by atoms with Crippen LogP contribution in [0.15, 0.2) is 41.6 Å². The van der Waals surface area contributed by atoms with Crippen molar-refractivity contribution in [3.63, 3.8) is 0 Å². The van der Waals surface area contributed by atoms with Gasteiger partial charge in [0.15, 0.2) is 0 Å². The topological polar surface area (TPSA) is 62.3 Å². The Morgan fingerprint density at radius 1 is 1.31 bits per heavy atom. The Balaban J connectivity index is 1.81. The summed E-state index contributed by atoms with van der Waals surface area (Å²) in [7, 11) is 0. The first-order valence-electron chi connectivity index (χ1n) is 8.07. The summed E-state index contributed by atoms with van der Waals surface area (Å²) in [5, 5.41) is 2.89. The highest BCUT2D eigenvalue weighted by molar-refractivity contribution is 7.99. The van der Waals surface area contributed by atoms with Gasteiger partial charge in [0.2, 0.25) is 5.91 Å². The Labute approximate surface area is 153 Å². The summed E-state index contributed by atoms with van der Waals surface area (Å²) in [6, 6.07) is 8.30. The van der Waals surface area contributed by atoms with Crippen LogP contribution in [0, 0.1) is 6.92 Å². The Bertz CT molecular complexity index is 828. The molecule has 0 aliphatic carbocycles. The number of benzene rings is 1. The van der Waals surface area contributed by atoms with Gasteiger partial charge >= 0.3 is 0 Å². The van der Waals surface area contributed by atoms with Crippen LogP contribution >= 0.6 is 11.8 Å². The maximum Gasteiger partial charge on any atom is 0.290 e. The summed E-state index contributed by atoms with van der Waals surface area (Å²) in [4.78, 5) is 30.3. The molecule has 0 atom stereocenters. The largest absolute Gasteiger partial charge is 0.321 e. The van der Waals surface area contributed by atoms with Crippen molar-refractivity contribution in [3.8, 4) is 0 Å². The van der Waals surface area contributed by atoms with E-state index in [1.165, 1.54) is 18.3 Å². The fourth-order valence-corrected chi connectivity index (χ4v) is 3.23. The number of carbonyl (C=O) groups excluding carboxylic acids is 2. The van der Waals surface area contributed by atoms with Gasteiger partial charge in [-0.15, -0.1) is 0 Å². The number of thioether (sulfide) groups is 1. The van der Waals surface area contributed by atoms with Crippen molar-refractivity contribution in [2.45, 2.75) is 30.5 Å². The monoisotopic (exact) mass is 377 g/mol. The van der Waals surface area contributed by atoms with Gasteiger partial charge in [-0.25, -0.2) is 4.98 Å². The number of alkyl halides is 2. The highest BCUT2D eigenvalue weighted by Gasteiger charge is 2.26. The van der Waals surface area contributed by atoms with Crippen molar-refractivity contribution < 1.29 is 18.4 Å². The zero-order valence-corrected chi connectivity index (χ0v) is 14.9. The van der Waals surface area contributed by atoms with Gasteiger partial charge in [-0.2, -0.15) is 8.78 Å². The molecular weight excluding hydrogens is 360 g/mol. The van der Waals surface area contributed by atoms with Gasteiger partial charge in [0.05, 0.1) is 23.1 Å². The molecule has 1 aliphatic heterocycles. The molecule has 0 bridgehead atoms. The summed E-state index contributed by atoms with van der Waals surface area (Å²) in [5.74, 6) is -2.92. The molecule has 1 aromatic heterocycles. The van der Waals surface area contributed by atoms with E-state index in [2.05, 4.69) is 10.3 Å². The molecule has 2 aromatic rings. The second kappa shape index (κ2) is 7.82. The van der Waals surface area contributed by atoms with Crippen LogP contribution in [-0.4, -0.2) is 29.1 Å². The number of aromatic nitrogens is 1. The van der Waals surface area contributed by atoms with E-state index in [4.69, 9.17) is 0 Å². The lowest BCUT2D eigenvalue weighted by molar-refractivity contribution is -0.117. The van der Waals surface area contributed by atoms with Crippen molar-refractivity contribution in [2.75, 3.05) is 16.8 Å². The number of rotatable bonds is 5. The second-order valence-corrected chi connectivity index (χ2v) is 6.90. The van der Waals surface area contributed by atoms with Crippen LogP contribution in [0.1, 0.15) is 28.8 Å². The first-order valence-corrected chi connectivity index (χ1v) is 8.95. The molecule has 1 aliphatic rings. The minimum Gasteiger partial charge on any atom is -0.321 e. The van der Waals surface area contributed by atoms with Gasteiger partial charge in [0.1, 0.15) is 5.03 Å². The fraction of sp³-hybridized carbons (Fsp3) is 0.278. The summed E-state index contributed by atoms with van der Waals surface area (Å²) in [5.41, 5.74) is 2.26. The summed E-state index contributed by atoms with van der Waals surface area (Å²) >= 11 is 0.343. The van der Waals surface area contributed by atoms with Crippen molar-refractivity contribution in [2.24, 2.45) is 0 Å². The minimum atomic E-state index is -2.55. The third-order valence-electron chi connectivity index (χ3n) is 3.96. The number of hydrogen-bond acceptors (Lipinski definition) is 4. The Hall–Kier alpha value is -2.48. The summed E-state index contributed by atoms with van der Waals surface area (Å²) in [6.07, 6.45) is 2.57. The summed E-state index contributed by atoms with van der Waals surface area (Å²) in [6.45, 7) is 2.45. The van der Waals surface area contributed by atoms with E-state index in [-0.39, 0.29) is 16.8 Å². The molecule has 0 saturated carbocycles. The van der Waals surface area contributed by atoms with E-state index in [0.29, 0.717) is 41.7 Å². The Morgan fingerprint density at radius 2 is 2.12 bits per heavy atom. The van der Waals surface area contributed by atoms with Gasteiger partial charge in [0, 0.05) is 13.0 Å². The third kappa shape index (κ3) is 4.19. The molecule has 0 spiro atoms. The molecule has 1 N–H and O–H groups in total. The Kier molecular flexibility index (Phi) is 5.51. The summed E-state index contributed by atoms with van der Waals surface area (Å²) < 4.78 is 24.7. The van der Waals surface area contributed by atoms with Gasteiger partial charge in [-0.3, -0.25) is 9.59 Å². The third-order valence-corrected chi connectivity index (χ3v) is 4.63. The van der Waals surface area contributed by atoms with Crippen LogP contribution in [0.4, 0.5) is 20.2 Å². The molecule has 1 saturated heterocycles. The normalized spacial score (nSPS) is 14.2. The van der Waals surface area contributed by atoms with Gasteiger partial charge in [0.25, 0.3) is 11.7 Å². The number of nitrogens with zero attached hydrogens (tertiary/aromatic N) is 2. The highest BCUT2D eigenvalue weighted by Crippen LogP contribution is 2.28. The van der Waals surface area contributed by atoms with E-state index in [1.807, 2.05) is 13.0 Å². The van der Waals surface area contributed by atoms with Crippen LogP contribution in [0.5, 0.6) is 0 Å². The number of nitrogens with one attached hydrogen (secondary N) is 1. The molecule has 5 nitrogen and oxygen atoms in total. The number of halogens is 2. The van der Waals surface area contributed by atoms with Gasteiger partial charge in [-0.05, 0) is 49.4 Å². The van der Waals surface area contributed by atoms with Crippen molar-refractivity contribution in [1.82, 2.24) is 4.98 Å². The van der Waals surface area contributed by atoms with Crippen LogP contribution in [0.3, 0.4) is 0 Å². The molecule has 8 heteroatoms. The maximum atomic E-state index is 12.7. The number of pyridine rings is 1. The van der Waals surface area contributed by atoms with Crippen molar-refractivity contribution in [3.05, 3.63) is 47.7 Å². The zero-order valence-electron chi connectivity index (χ0n) is 14.0. The highest BCUT2D eigenvalue weighted by atomic mass is 32.2. The molecular formula is C18H17F2N3O2S. The predicted octanol–water partition coefficient (Wildman–Crippen LogP) is 4.08.